The minimum atomic E-state index is -0.196. The highest BCUT2D eigenvalue weighted by Crippen LogP contribution is 2.15. The number of nitrogens with one attached hydrogen (secondary N) is 2. The third-order valence-electron chi connectivity index (χ3n) is 2.49. The second-order valence-corrected chi connectivity index (χ2v) is 3.81. The minimum Gasteiger partial charge on any atom is -0.387 e. The number of hydrogen-bond acceptors (Lipinski definition) is 4. The summed E-state index contributed by atoms with van der Waals surface area (Å²) in [5, 5.41) is 5.78. The second-order valence-electron chi connectivity index (χ2n) is 3.81. The first kappa shape index (κ1) is 12.0. The molecule has 5 nitrogen and oxygen atoms in total. The van der Waals surface area contributed by atoms with Crippen LogP contribution in [-0.2, 0) is 0 Å². The molecule has 2 heterocycles. The van der Waals surface area contributed by atoms with Gasteiger partial charge in [-0.1, -0.05) is 0 Å². The minimum absolute atomic E-state index is 0.196. The molecular formula is C13H14N4O. The molecule has 2 rings (SSSR count). The number of nitrogens with zero attached hydrogens (tertiary/aromatic N) is 2. The van der Waals surface area contributed by atoms with Crippen molar-refractivity contribution in [3.63, 3.8) is 0 Å². The molecule has 5 heteroatoms. The number of carbonyl (C=O) groups is 1. The van der Waals surface area contributed by atoms with Gasteiger partial charge in [-0.25, -0.2) is 0 Å². The summed E-state index contributed by atoms with van der Waals surface area (Å²) in [6, 6.07) is 5.32. The lowest BCUT2D eigenvalue weighted by Gasteiger charge is -2.09. The van der Waals surface area contributed by atoms with Crippen molar-refractivity contribution >= 4 is 17.3 Å². The number of aryl methyl sites for hydroxylation is 1. The van der Waals surface area contributed by atoms with E-state index < -0.39 is 0 Å². The van der Waals surface area contributed by atoms with Gasteiger partial charge < -0.3 is 10.6 Å². The fraction of sp³-hybridized carbons (Fsp3) is 0.154. The lowest BCUT2D eigenvalue weighted by molar-refractivity contribution is 0.102. The van der Waals surface area contributed by atoms with Crippen molar-refractivity contribution in [1.29, 1.82) is 0 Å². The molecule has 2 aromatic heterocycles. The fourth-order valence-corrected chi connectivity index (χ4v) is 1.62. The summed E-state index contributed by atoms with van der Waals surface area (Å²) in [5.41, 5.74) is 2.83. The Morgan fingerprint density at radius 2 is 2.11 bits per heavy atom. The summed E-state index contributed by atoms with van der Waals surface area (Å²) >= 11 is 0. The Labute approximate surface area is 105 Å². The average molecular weight is 242 g/mol. The van der Waals surface area contributed by atoms with Crippen LogP contribution in [0.25, 0.3) is 0 Å². The molecular weight excluding hydrogens is 228 g/mol. The van der Waals surface area contributed by atoms with E-state index in [0.29, 0.717) is 5.56 Å². The quantitative estimate of drug-likeness (QED) is 0.864. The maximum absolute atomic E-state index is 12.1. The molecule has 18 heavy (non-hydrogen) atoms. The van der Waals surface area contributed by atoms with Gasteiger partial charge in [0.25, 0.3) is 5.91 Å². The van der Waals surface area contributed by atoms with Gasteiger partial charge in [-0.05, 0) is 25.1 Å². The highest BCUT2D eigenvalue weighted by Gasteiger charge is 2.10. The fourth-order valence-electron chi connectivity index (χ4n) is 1.62. The van der Waals surface area contributed by atoms with E-state index in [0.717, 1.165) is 17.1 Å². The Balaban J connectivity index is 2.22. The van der Waals surface area contributed by atoms with Crippen molar-refractivity contribution in [2.24, 2.45) is 0 Å². The topological polar surface area (TPSA) is 66.9 Å². The van der Waals surface area contributed by atoms with Crippen molar-refractivity contribution in [1.82, 2.24) is 9.97 Å². The monoisotopic (exact) mass is 242 g/mol. The van der Waals surface area contributed by atoms with Crippen molar-refractivity contribution in [2.45, 2.75) is 6.92 Å². The van der Waals surface area contributed by atoms with Crippen molar-refractivity contribution in [3.05, 3.63) is 48.0 Å². The molecule has 0 saturated carbocycles. The van der Waals surface area contributed by atoms with Crippen LogP contribution in [0.1, 0.15) is 16.1 Å². The van der Waals surface area contributed by atoms with Gasteiger partial charge in [0.05, 0.1) is 5.56 Å². The molecule has 2 N–H and O–H groups in total. The van der Waals surface area contributed by atoms with E-state index >= 15 is 0 Å². The first-order chi connectivity index (χ1) is 8.70. The predicted molar refractivity (Wildman–Crippen MR) is 70.7 cm³/mol. The zero-order valence-corrected chi connectivity index (χ0v) is 10.3. The van der Waals surface area contributed by atoms with E-state index in [4.69, 9.17) is 0 Å². The molecule has 0 aliphatic rings. The Morgan fingerprint density at radius 3 is 2.83 bits per heavy atom. The first-order valence-corrected chi connectivity index (χ1v) is 5.56. The van der Waals surface area contributed by atoms with Crippen LogP contribution in [0.5, 0.6) is 0 Å². The number of pyridine rings is 2. The van der Waals surface area contributed by atoms with Crippen LogP contribution < -0.4 is 10.6 Å². The molecule has 1 amide bonds. The van der Waals surface area contributed by atoms with Gasteiger partial charge in [0.2, 0.25) is 0 Å². The largest absolute Gasteiger partial charge is 0.387 e. The van der Waals surface area contributed by atoms with E-state index in [1.807, 2.05) is 13.0 Å². The smallest absolute Gasteiger partial charge is 0.259 e. The second kappa shape index (κ2) is 5.27. The van der Waals surface area contributed by atoms with Gasteiger partial charge in [-0.3, -0.25) is 14.8 Å². The molecule has 0 fully saturated rings. The lowest BCUT2D eigenvalue weighted by atomic mass is 10.2. The van der Waals surface area contributed by atoms with E-state index in [1.165, 1.54) is 6.20 Å². The normalized spacial score (nSPS) is 9.89. The summed E-state index contributed by atoms with van der Waals surface area (Å²) in [6.07, 6.45) is 4.83. The average Bonchev–Trinajstić information content (AvgIpc) is 2.38. The lowest BCUT2D eigenvalue weighted by Crippen LogP contribution is -2.14. The molecule has 92 valence electrons. The number of anilines is 2. The Morgan fingerprint density at radius 1 is 1.28 bits per heavy atom. The molecule has 0 aromatic carbocycles. The van der Waals surface area contributed by atoms with Gasteiger partial charge >= 0.3 is 0 Å². The van der Waals surface area contributed by atoms with E-state index in [1.54, 1.807) is 31.6 Å². The molecule has 0 aliphatic carbocycles. The van der Waals surface area contributed by atoms with Crippen LogP contribution in [-0.4, -0.2) is 22.9 Å². The molecule has 0 atom stereocenters. The molecule has 0 radical (unpaired) electrons. The van der Waals surface area contributed by atoms with Gasteiger partial charge in [0.1, 0.15) is 0 Å². The van der Waals surface area contributed by atoms with Crippen LogP contribution in [0.15, 0.2) is 36.8 Å². The highest BCUT2D eigenvalue weighted by molar-refractivity contribution is 6.07. The maximum Gasteiger partial charge on any atom is 0.259 e. The summed E-state index contributed by atoms with van der Waals surface area (Å²) < 4.78 is 0. The molecule has 0 unspecified atom stereocenters. The van der Waals surface area contributed by atoms with Crippen molar-refractivity contribution < 1.29 is 4.79 Å². The van der Waals surface area contributed by atoms with Crippen LogP contribution in [0.3, 0.4) is 0 Å². The number of rotatable bonds is 3. The van der Waals surface area contributed by atoms with Crippen LogP contribution >= 0.6 is 0 Å². The predicted octanol–water partition coefficient (Wildman–Crippen LogP) is 2.08. The van der Waals surface area contributed by atoms with Gasteiger partial charge in [-0.15, -0.1) is 0 Å². The number of carbonyl (C=O) groups excluding carboxylic acids is 1. The summed E-state index contributed by atoms with van der Waals surface area (Å²) in [4.78, 5) is 20.1. The van der Waals surface area contributed by atoms with Gasteiger partial charge in [0, 0.05) is 42.7 Å². The zero-order valence-electron chi connectivity index (χ0n) is 10.3. The first-order valence-electron chi connectivity index (χ1n) is 5.56. The molecule has 0 saturated heterocycles. The molecule has 0 bridgehead atoms. The number of aromatic nitrogens is 2. The van der Waals surface area contributed by atoms with Crippen LogP contribution in [0, 0.1) is 6.92 Å². The van der Waals surface area contributed by atoms with Crippen LogP contribution in [0.2, 0.25) is 0 Å². The highest BCUT2D eigenvalue weighted by atomic mass is 16.1. The van der Waals surface area contributed by atoms with E-state index in [-0.39, 0.29) is 5.91 Å². The summed E-state index contributed by atoms with van der Waals surface area (Å²) in [7, 11) is 1.77. The standard InChI is InChI=1S/C13H14N4O/c1-9-7-10(3-6-16-9)17-13(18)11-8-15-5-4-12(11)14-2/h3-8H,1-2H3,(H,14,15)(H,16,17,18). The van der Waals surface area contributed by atoms with Crippen LogP contribution in [0.4, 0.5) is 11.4 Å². The summed E-state index contributed by atoms with van der Waals surface area (Å²) in [6.45, 7) is 1.87. The Hall–Kier alpha value is -2.43. The molecule has 0 aliphatic heterocycles. The molecule has 2 aromatic rings. The third-order valence-corrected chi connectivity index (χ3v) is 2.49. The summed E-state index contributed by atoms with van der Waals surface area (Å²) in [5.74, 6) is -0.196. The third kappa shape index (κ3) is 2.63. The van der Waals surface area contributed by atoms with Crippen molar-refractivity contribution in [3.8, 4) is 0 Å². The van der Waals surface area contributed by atoms with Crippen molar-refractivity contribution in [2.75, 3.05) is 17.7 Å². The van der Waals surface area contributed by atoms with Gasteiger partial charge in [-0.2, -0.15) is 0 Å². The maximum atomic E-state index is 12.1. The van der Waals surface area contributed by atoms with E-state index in [9.17, 15) is 4.79 Å². The zero-order chi connectivity index (χ0) is 13.0. The Bertz CT molecular complexity index is 568. The SMILES string of the molecule is CNc1ccncc1C(=O)Nc1ccnc(C)c1. The van der Waals surface area contributed by atoms with Gasteiger partial charge in [0.15, 0.2) is 0 Å². The number of hydrogen-bond donors (Lipinski definition) is 2. The van der Waals surface area contributed by atoms with E-state index in [2.05, 4.69) is 20.6 Å². The Kier molecular flexibility index (Phi) is 3.52. The number of amides is 1. The molecule has 0 spiro atoms.